The molecule has 8 heteroatoms. The maximum absolute atomic E-state index is 12.1. The average Bonchev–Trinajstić information content (AvgIpc) is 2.87. The Hall–Kier alpha value is -1.54. The lowest BCUT2D eigenvalue weighted by Gasteiger charge is -2.21. The molecule has 1 aliphatic heterocycles. The molecule has 1 aromatic rings. The van der Waals surface area contributed by atoms with E-state index in [1.165, 1.54) is 21.6 Å². The van der Waals surface area contributed by atoms with Gasteiger partial charge in [-0.2, -0.15) is 0 Å². The summed E-state index contributed by atoms with van der Waals surface area (Å²) in [6, 6.07) is 5.55. The van der Waals surface area contributed by atoms with Gasteiger partial charge >= 0.3 is 0 Å². The Morgan fingerprint density at radius 2 is 2.17 bits per heavy atom. The smallest absolute Gasteiger partial charge is 0.282 e. The summed E-state index contributed by atoms with van der Waals surface area (Å²) < 4.78 is 0.938. The third-order valence-corrected chi connectivity index (χ3v) is 4.83. The first-order valence-electron chi connectivity index (χ1n) is 7.08. The topological polar surface area (TPSA) is 69.7 Å². The number of nitrogens with one attached hydrogen (secondary N) is 1. The predicted molar refractivity (Wildman–Crippen MR) is 94.6 cm³/mol. The van der Waals surface area contributed by atoms with Gasteiger partial charge in [0, 0.05) is 29.5 Å². The van der Waals surface area contributed by atoms with Crippen LogP contribution in [-0.2, 0) is 9.59 Å². The van der Waals surface area contributed by atoms with E-state index in [9.17, 15) is 14.4 Å². The molecule has 0 saturated carbocycles. The predicted octanol–water partition coefficient (Wildman–Crippen LogP) is 2.32. The molecule has 23 heavy (non-hydrogen) atoms. The van der Waals surface area contributed by atoms with E-state index in [-0.39, 0.29) is 30.1 Å². The largest absolute Gasteiger partial charge is 0.335 e. The van der Waals surface area contributed by atoms with Gasteiger partial charge in [0.1, 0.15) is 6.54 Å². The van der Waals surface area contributed by atoms with Crippen LogP contribution in [0.4, 0.5) is 10.5 Å². The minimum atomic E-state index is -0.270. The van der Waals surface area contributed by atoms with Crippen LogP contribution in [0.2, 0.25) is 0 Å². The Morgan fingerprint density at radius 3 is 2.78 bits per heavy atom. The van der Waals surface area contributed by atoms with Crippen LogP contribution in [0.15, 0.2) is 22.7 Å². The molecule has 2 rings (SSSR count). The van der Waals surface area contributed by atoms with Gasteiger partial charge in [-0.15, -0.1) is 0 Å². The Balaban J connectivity index is 1.86. The fraction of sp³-hybridized carbons (Fsp3) is 0.400. The second kappa shape index (κ2) is 7.83. The molecule has 1 aromatic carbocycles. The lowest BCUT2D eigenvalue weighted by molar-refractivity contribution is -0.133. The number of benzene rings is 1. The highest BCUT2D eigenvalue weighted by atomic mass is 79.9. The summed E-state index contributed by atoms with van der Waals surface area (Å²) in [5.41, 5.74) is 1.64. The number of hydrogen-bond donors (Lipinski definition) is 1. The molecule has 0 spiro atoms. The van der Waals surface area contributed by atoms with Gasteiger partial charge in [-0.1, -0.05) is 27.7 Å². The van der Waals surface area contributed by atoms with E-state index in [2.05, 4.69) is 21.2 Å². The standard InChI is InChI=1S/C15H18BrN3O3S/c1-10-7-11(16)3-4-12(10)17-13(20)8-18(2)14(21)9-19-5-6-23-15(19)22/h3-4,7H,5-6,8-9H2,1-2H3,(H,17,20). The Kier molecular flexibility index (Phi) is 6.06. The molecule has 6 nitrogen and oxygen atoms in total. The van der Waals surface area contributed by atoms with Gasteiger partial charge in [-0.3, -0.25) is 14.4 Å². The van der Waals surface area contributed by atoms with Crippen molar-refractivity contribution in [2.24, 2.45) is 0 Å². The highest BCUT2D eigenvalue weighted by molar-refractivity contribution is 9.10. The molecule has 1 heterocycles. The van der Waals surface area contributed by atoms with Crippen LogP contribution >= 0.6 is 27.7 Å². The number of amides is 3. The third kappa shape index (κ3) is 4.97. The van der Waals surface area contributed by atoms with Crippen LogP contribution in [-0.4, -0.2) is 59.3 Å². The summed E-state index contributed by atoms with van der Waals surface area (Å²) in [7, 11) is 1.56. The number of thioether (sulfide) groups is 1. The molecule has 0 radical (unpaired) electrons. The Morgan fingerprint density at radius 1 is 1.43 bits per heavy atom. The minimum absolute atomic E-state index is 0.0208. The number of carbonyl (C=O) groups excluding carboxylic acids is 3. The van der Waals surface area contributed by atoms with Gasteiger partial charge in [-0.25, -0.2) is 0 Å². The maximum atomic E-state index is 12.1. The molecule has 124 valence electrons. The first kappa shape index (κ1) is 17.8. The van der Waals surface area contributed by atoms with Gasteiger partial charge in [0.15, 0.2) is 0 Å². The van der Waals surface area contributed by atoms with Crippen molar-refractivity contribution in [3.63, 3.8) is 0 Å². The molecular weight excluding hydrogens is 382 g/mol. The summed E-state index contributed by atoms with van der Waals surface area (Å²) in [4.78, 5) is 38.5. The SMILES string of the molecule is Cc1cc(Br)ccc1NC(=O)CN(C)C(=O)CN1CCSC1=O. The Bertz CT molecular complexity index is 638. The van der Waals surface area contributed by atoms with Crippen LogP contribution in [0.1, 0.15) is 5.56 Å². The van der Waals surface area contributed by atoms with E-state index in [0.717, 1.165) is 10.0 Å². The quantitative estimate of drug-likeness (QED) is 0.824. The van der Waals surface area contributed by atoms with Crippen LogP contribution in [0.25, 0.3) is 0 Å². The van der Waals surface area contributed by atoms with Crippen molar-refractivity contribution >= 4 is 50.4 Å². The zero-order valence-corrected chi connectivity index (χ0v) is 15.4. The second-order valence-electron chi connectivity index (χ2n) is 5.29. The monoisotopic (exact) mass is 399 g/mol. The van der Waals surface area contributed by atoms with Crippen LogP contribution in [0.5, 0.6) is 0 Å². The number of nitrogens with zero attached hydrogens (tertiary/aromatic N) is 2. The summed E-state index contributed by atoms with van der Waals surface area (Å²) >= 11 is 4.58. The van der Waals surface area contributed by atoms with E-state index in [1.807, 2.05) is 19.1 Å². The molecule has 3 amide bonds. The fourth-order valence-corrected chi connectivity index (χ4v) is 3.41. The number of hydrogen-bond acceptors (Lipinski definition) is 4. The summed E-state index contributed by atoms with van der Waals surface area (Å²) in [6.07, 6.45) is 0. The molecule has 0 aromatic heterocycles. The maximum Gasteiger partial charge on any atom is 0.282 e. The van der Waals surface area contributed by atoms with Crippen molar-refractivity contribution < 1.29 is 14.4 Å². The highest BCUT2D eigenvalue weighted by Crippen LogP contribution is 2.20. The number of halogens is 1. The zero-order chi connectivity index (χ0) is 17.0. The average molecular weight is 400 g/mol. The molecule has 1 saturated heterocycles. The Labute approximate surface area is 147 Å². The molecule has 1 fully saturated rings. The number of aryl methyl sites for hydroxylation is 1. The van der Waals surface area contributed by atoms with Crippen molar-refractivity contribution in [3.05, 3.63) is 28.2 Å². The van der Waals surface area contributed by atoms with Crippen molar-refractivity contribution in [2.45, 2.75) is 6.92 Å². The first-order valence-corrected chi connectivity index (χ1v) is 8.86. The van der Waals surface area contributed by atoms with Gasteiger partial charge in [-0.05, 0) is 30.7 Å². The molecule has 1 aliphatic rings. The molecule has 0 bridgehead atoms. The minimum Gasteiger partial charge on any atom is -0.335 e. The molecule has 0 aliphatic carbocycles. The molecule has 0 atom stereocenters. The molecular formula is C15H18BrN3O3S. The van der Waals surface area contributed by atoms with Gasteiger partial charge < -0.3 is 15.1 Å². The fourth-order valence-electron chi connectivity index (χ4n) is 2.11. The summed E-state index contributed by atoms with van der Waals surface area (Å²) in [5.74, 6) is 0.191. The van der Waals surface area contributed by atoms with Gasteiger partial charge in [0.25, 0.3) is 5.24 Å². The highest BCUT2D eigenvalue weighted by Gasteiger charge is 2.25. The van der Waals surface area contributed by atoms with Crippen molar-refractivity contribution in [1.29, 1.82) is 0 Å². The van der Waals surface area contributed by atoms with Crippen molar-refractivity contribution in [3.8, 4) is 0 Å². The van der Waals surface area contributed by atoms with E-state index in [1.54, 1.807) is 13.1 Å². The molecule has 0 unspecified atom stereocenters. The summed E-state index contributed by atoms with van der Waals surface area (Å²) in [6.45, 7) is 2.44. The number of rotatable bonds is 5. The number of likely N-dealkylation sites (N-methyl/N-ethyl adjacent to an activating group) is 1. The van der Waals surface area contributed by atoms with E-state index in [4.69, 9.17) is 0 Å². The van der Waals surface area contributed by atoms with E-state index < -0.39 is 0 Å². The van der Waals surface area contributed by atoms with E-state index >= 15 is 0 Å². The molecule has 1 N–H and O–H groups in total. The number of carbonyl (C=O) groups is 3. The van der Waals surface area contributed by atoms with Crippen LogP contribution in [0, 0.1) is 6.92 Å². The lowest BCUT2D eigenvalue weighted by Crippen LogP contribution is -2.41. The van der Waals surface area contributed by atoms with Crippen LogP contribution < -0.4 is 5.32 Å². The van der Waals surface area contributed by atoms with Crippen LogP contribution in [0.3, 0.4) is 0 Å². The first-order chi connectivity index (χ1) is 10.9. The van der Waals surface area contributed by atoms with Crippen molar-refractivity contribution in [1.82, 2.24) is 9.80 Å². The second-order valence-corrected chi connectivity index (χ2v) is 7.25. The van der Waals surface area contributed by atoms with Gasteiger partial charge in [0.2, 0.25) is 11.8 Å². The van der Waals surface area contributed by atoms with Crippen molar-refractivity contribution in [2.75, 3.05) is 37.8 Å². The normalized spacial score (nSPS) is 14.0. The number of anilines is 1. The third-order valence-electron chi connectivity index (χ3n) is 3.44. The lowest BCUT2D eigenvalue weighted by atomic mass is 10.2. The summed E-state index contributed by atoms with van der Waals surface area (Å²) in [5, 5.41) is 2.71. The zero-order valence-electron chi connectivity index (χ0n) is 13.0. The van der Waals surface area contributed by atoms with E-state index in [0.29, 0.717) is 18.0 Å². The van der Waals surface area contributed by atoms with Gasteiger partial charge in [0.05, 0.1) is 6.54 Å².